The Bertz CT molecular complexity index is 538. The smallest absolute Gasteiger partial charge is 0.234 e. The van der Waals surface area contributed by atoms with Crippen LogP contribution in [-0.4, -0.2) is 63.4 Å². The van der Waals surface area contributed by atoms with E-state index in [0.29, 0.717) is 19.7 Å². The van der Waals surface area contributed by atoms with Gasteiger partial charge in [-0.15, -0.1) is 0 Å². The SMILES string of the molecule is CN1CCO[C@H](CNCC(=O)N[C@H]2CCOc3ccccc32)C1. The number of benzene rings is 1. The van der Waals surface area contributed by atoms with Gasteiger partial charge in [-0.2, -0.15) is 0 Å². The van der Waals surface area contributed by atoms with Crippen molar-refractivity contribution in [2.75, 3.05) is 46.4 Å². The second-order valence-corrected chi connectivity index (χ2v) is 6.18. The molecule has 0 bridgehead atoms. The minimum absolute atomic E-state index is 0.0101. The van der Waals surface area contributed by atoms with Gasteiger partial charge < -0.3 is 25.0 Å². The van der Waals surface area contributed by atoms with Gasteiger partial charge in [0.15, 0.2) is 0 Å². The molecule has 3 rings (SSSR count). The molecule has 0 saturated carbocycles. The maximum Gasteiger partial charge on any atom is 0.234 e. The Kier molecular flexibility index (Phi) is 5.48. The molecule has 2 atom stereocenters. The van der Waals surface area contributed by atoms with Crippen molar-refractivity contribution >= 4 is 5.91 Å². The lowest BCUT2D eigenvalue weighted by Gasteiger charge is -2.30. The maximum absolute atomic E-state index is 12.2. The number of rotatable bonds is 5. The Morgan fingerprint density at radius 2 is 2.22 bits per heavy atom. The predicted molar refractivity (Wildman–Crippen MR) is 87.5 cm³/mol. The number of likely N-dealkylation sites (N-methyl/N-ethyl adjacent to an activating group) is 1. The van der Waals surface area contributed by atoms with Gasteiger partial charge in [0.25, 0.3) is 0 Å². The zero-order chi connectivity index (χ0) is 16.1. The fraction of sp³-hybridized carbons (Fsp3) is 0.588. The summed E-state index contributed by atoms with van der Waals surface area (Å²) >= 11 is 0. The highest BCUT2D eigenvalue weighted by Crippen LogP contribution is 2.31. The van der Waals surface area contributed by atoms with Crippen molar-refractivity contribution in [1.29, 1.82) is 0 Å². The van der Waals surface area contributed by atoms with Crippen LogP contribution in [0.25, 0.3) is 0 Å². The van der Waals surface area contributed by atoms with E-state index in [2.05, 4.69) is 22.6 Å². The first-order valence-corrected chi connectivity index (χ1v) is 8.24. The first kappa shape index (κ1) is 16.2. The molecule has 1 aromatic carbocycles. The van der Waals surface area contributed by atoms with Crippen molar-refractivity contribution in [3.8, 4) is 5.75 Å². The van der Waals surface area contributed by atoms with Crippen molar-refractivity contribution in [1.82, 2.24) is 15.5 Å². The summed E-state index contributed by atoms with van der Waals surface area (Å²) in [4.78, 5) is 14.4. The van der Waals surface area contributed by atoms with Crippen molar-refractivity contribution < 1.29 is 14.3 Å². The van der Waals surface area contributed by atoms with Gasteiger partial charge in [0, 0.05) is 31.6 Å². The van der Waals surface area contributed by atoms with E-state index in [-0.39, 0.29) is 18.1 Å². The Balaban J connectivity index is 1.43. The highest BCUT2D eigenvalue weighted by atomic mass is 16.5. The van der Waals surface area contributed by atoms with E-state index < -0.39 is 0 Å². The molecule has 0 aliphatic carbocycles. The van der Waals surface area contributed by atoms with Crippen LogP contribution in [0.2, 0.25) is 0 Å². The van der Waals surface area contributed by atoms with E-state index in [0.717, 1.165) is 37.4 Å². The lowest BCUT2D eigenvalue weighted by molar-refractivity contribution is -0.121. The average Bonchev–Trinajstić information content (AvgIpc) is 2.55. The third-order valence-electron chi connectivity index (χ3n) is 4.29. The molecule has 6 heteroatoms. The van der Waals surface area contributed by atoms with E-state index in [1.165, 1.54) is 0 Å². The molecule has 1 aromatic rings. The highest BCUT2D eigenvalue weighted by molar-refractivity contribution is 5.78. The molecule has 1 saturated heterocycles. The van der Waals surface area contributed by atoms with Crippen LogP contribution in [0, 0.1) is 0 Å². The van der Waals surface area contributed by atoms with Crippen molar-refractivity contribution in [3.63, 3.8) is 0 Å². The van der Waals surface area contributed by atoms with Crippen LogP contribution in [0.1, 0.15) is 18.0 Å². The Morgan fingerprint density at radius 1 is 1.35 bits per heavy atom. The molecule has 126 valence electrons. The standard InChI is InChI=1S/C17H25N3O3/c1-20-7-9-22-13(12-20)10-18-11-17(21)19-15-6-8-23-16-5-3-2-4-14(15)16/h2-5,13,15,18H,6-12H2,1H3,(H,19,21)/t13-,15+/m1/s1. The van der Waals surface area contributed by atoms with E-state index in [1.807, 2.05) is 24.3 Å². The third-order valence-corrected chi connectivity index (χ3v) is 4.29. The van der Waals surface area contributed by atoms with Gasteiger partial charge in [0.2, 0.25) is 5.91 Å². The normalized spacial score (nSPS) is 24.6. The monoisotopic (exact) mass is 319 g/mol. The predicted octanol–water partition coefficient (Wildman–Crippen LogP) is 0.547. The van der Waals surface area contributed by atoms with Gasteiger partial charge >= 0.3 is 0 Å². The molecule has 0 unspecified atom stereocenters. The molecule has 2 aliphatic heterocycles. The molecule has 0 radical (unpaired) electrons. The summed E-state index contributed by atoms with van der Waals surface area (Å²) in [6.45, 7) is 4.28. The number of hydrogen-bond acceptors (Lipinski definition) is 5. The van der Waals surface area contributed by atoms with Gasteiger partial charge in [-0.05, 0) is 13.1 Å². The van der Waals surface area contributed by atoms with Crippen molar-refractivity contribution in [3.05, 3.63) is 29.8 Å². The van der Waals surface area contributed by atoms with E-state index in [1.54, 1.807) is 0 Å². The lowest BCUT2D eigenvalue weighted by atomic mass is 10.0. The van der Waals surface area contributed by atoms with Crippen LogP contribution in [0.15, 0.2) is 24.3 Å². The van der Waals surface area contributed by atoms with Gasteiger partial charge in [-0.3, -0.25) is 4.79 Å². The summed E-state index contributed by atoms with van der Waals surface area (Å²) in [5, 5.41) is 6.28. The number of fused-ring (bicyclic) bond motifs is 1. The summed E-state index contributed by atoms with van der Waals surface area (Å²) < 4.78 is 11.3. The number of morpholine rings is 1. The number of hydrogen-bond donors (Lipinski definition) is 2. The molecule has 1 fully saturated rings. The quantitative estimate of drug-likeness (QED) is 0.830. The van der Waals surface area contributed by atoms with Crippen molar-refractivity contribution in [2.45, 2.75) is 18.6 Å². The van der Waals surface area contributed by atoms with Gasteiger partial charge in [-0.25, -0.2) is 0 Å². The Morgan fingerprint density at radius 3 is 3.09 bits per heavy atom. The molecule has 2 N–H and O–H groups in total. The lowest BCUT2D eigenvalue weighted by Crippen LogP contribution is -2.46. The Labute approximate surface area is 137 Å². The largest absolute Gasteiger partial charge is 0.493 e. The molecule has 1 amide bonds. The fourth-order valence-corrected chi connectivity index (χ4v) is 3.07. The number of para-hydroxylation sites is 1. The zero-order valence-corrected chi connectivity index (χ0v) is 13.6. The van der Waals surface area contributed by atoms with Gasteiger partial charge in [-0.1, -0.05) is 18.2 Å². The first-order valence-electron chi connectivity index (χ1n) is 8.24. The number of nitrogens with zero attached hydrogens (tertiary/aromatic N) is 1. The van der Waals surface area contributed by atoms with Crippen LogP contribution < -0.4 is 15.4 Å². The molecule has 23 heavy (non-hydrogen) atoms. The molecule has 2 heterocycles. The van der Waals surface area contributed by atoms with Crippen LogP contribution in [-0.2, 0) is 9.53 Å². The van der Waals surface area contributed by atoms with Gasteiger partial charge in [0.1, 0.15) is 5.75 Å². The minimum Gasteiger partial charge on any atom is -0.493 e. The molecule has 6 nitrogen and oxygen atoms in total. The zero-order valence-electron chi connectivity index (χ0n) is 13.6. The van der Waals surface area contributed by atoms with Gasteiger partial charge in [0.05, 0.1) is 31.9 Å². The van der Waals surface area contributed by atoms with Crippen LogP contribution in [0.3, 0.4) is 0 Å². The minimum atomic E-state index is 0.0101. The first-order chi connectivity index (χ1) is 11.2. The van der Waals surface area contributed by atoms with Crippen LogP contribution in [0.4, 0.5) is 0 Å². The second kappa shape index (κ2) is 7.77. The summed E-state index contributed by atoms with van der Waals surface area (Å²) in [6.07, 6.45) is 0.963. The van der Waals surface area contributed by atoms with Crippen molar-refractivity contribution in [2.24, 2.45) is 0 Å². The van der Waals surface area contributed by atoms with E-state index >= 15 is 0 Å². The Hall–Kier alpha value is -1.63. The summed E-state index contributed by atoms with van der Waals surface area (Å²) in [6, 6.07) is 7.92. The molecule has 2 aliphatic rings. The van der Waals surface area contributed by atoms with E-state index in [9.17, 15) is 4.79 Å². The summed E-state index contributed by atoms with van der Waals surface area (Å²) in [5.41, 5.74) is 1.06. The average molecular weight is 319 g/mol. The number of carbonyl (C=O) groups excluding carboxylic acids is 1. The molecule has 0 spiro atoms. The second-order valence-electron chi connectivity index (χ2n) is 6.18. The maximum atomic E-state index is 12.2. The molecular formula is C17H25N3O3. The van der Waals surface area contributed by atoms with Crippen LogP contribution >= 0.6 is 0 Å². The number of carbonyl (C=O) groups is 1. The number of nitrogens with one attached hydrogen (secondary N) is 2. The number of ether oxygens (including phenoxy) is 2. The highest BCUT2D eigenvalue weighted by Gasteiger charge is 2.23. The molecular weight excluding hydrogens is 294 g/mol. The summed E-state index contributed by atoms with van der Waals surface area (Å²) in [7, 11) is 2.09. The fourth-order valence-electron chi connectivity index (χ4n) is 3.07. The number of amides is 1. The van der Waals surface area contributed by atoms with Crippen LogP contribution in [0.5, 0.6) is 5.75 Å². The third kappa shape index (κ3) is 4.43. The topological polar surface area (TPSA) is 62.8 Å². The summed E-state index contributed by atoms with van der Waals surface area (Å²) in [5.74, 6) is 0.881. The van der Waals surface area contributed by atoms with E-state index in [4.69, 9.17) is 9.47 Å². The molecule has 0 aromatic heterocycles.